The largest absolute Gasteiger partial charge is 0.378 e. The van der Waals surface area contributed by atoms with E-state index in [0.717, 1.165) is 10.6 Å². The zero-order chi connectivity index (χ0) is 18.4. The van der Waals surface area contributed by atoms with Crippen LogP contribution in [0.2, 0.25) is 0 Å². The van der Waals surface area contributed by atoms with Gasteiger partial charge in [-0.1, -0.05) is 6.07 Å². The van der Waals surface area contributed by atoms with Crippen LogP contribution < -0.4 is 15.5 Å². The minimum atomic E-state index is -0.665. The van der Waals surface area contributed by atoms with E-state index in [1.165, 1.54) is 0 Å². The molecule has 2 rings (SSSR count). The number of hydrogen-bond donors (Lipinski definition) is 2. The minimum absolute atomic E-state index is 0.0381. The number of hydrogen-bond acceptors (Lipinski definition) is 5. The molecule has 0 aliphatic carbocycles. The summed E-state index contributed by atoms with van der Waals surface area (Å²) in [6.07, 6.45) is 0. The summed E-state index contributed by atoms with van der Waals surface area (Å²) in [4.78, 5) is 29.3. The van der Waals surface area contributed by atoms with E-state index >= 15 is 0 Å². The van der Waals surface area contributed by atoms with Crippen LogP contribution >= 0.6 is 11.3 Å². The van der Waals surface area contributed by atoms with Gasteiger partial charge in [0, 0.05) is 36.9 Å². The molecule has 0 aliphatic heterocycles. The lowest BCUT2D eigenvalue weighted by molar-refractivity contribution is -0.136. The monoisotopic (exact) mass is 360 g/mol. The van der Waals surface area contributed by atoms with E-state index in [1.54, 1.807) is 23.5 Å². The summed E-state index contributed by atoms with van der Waals surface area (Å²) in [5.41, 5.74) is 1.61. The van der Waals surface area contributed by atoms with Crippen LogP contribution in [0.25, 0.3) is 0 Å². The Kier molecular flexibility index (Phi) is 6.55. The predicted molar refractivity (Wildman–Crippen MR) is 103 cm³/mol. The molecule has 0 unspecified atom stereocenters. The highest BCUT2D eigenvalue weighted by atomic mass is 32.1. The highest BCUT2D eigenvalue weighted by Crippen LogP contribution is 2.22. The molecule has 7 heteroatoms. The van der Waals surface area contributed by atoms with Crippen LogP contribution in [0.15, 0.2) is 41.8 Å². The van der Waals surface area contributed by atoms with Crippen molar-refractivity contribution in [3.05, 3.63) is 46.7 Å². The Labute approximate surface area is 152 Å². The third-order valence-electron chi connectivity index (χ3n) is 3.80. The second-order valence-corrected chi connectivity index (χ2v) is 7.08. The Morgan fingerprint density at radius 3 is 2.24 bits per heavy atom. The van der Waals surface area contributed by atoms with Crippen LogP contribution in [-0.4, -0.2) is 51.4 Å². The quantitative estimate of drug-likeness (QED) is 0.775. The maximum absolute atomic E-state index is 12.1. The summed E-state index contributed by atoms with van der Waals surface area (Å²) in [5.74, 6) is -1.30. The van der Waals surface area contributed by atoms with Gasteiger partial charge in [-0.3, -0.25) is 9.59 Å². The molecule has 25 heavy (non-hydrogen) atoms. The first kappa shape index (κ1) is 19.0. The maximum atomic E-state index is 12.1. The van der Waals surface area contributed by atoms with Gasteiger partial charge in [-0.25, -0.2) is 0 Å². The predicted octanol–water partition coefficient (Wildman–Crippen LogP) is 2.17. The first-order chi connectivity index (χ1) is 11.9. The number of carbonyl (C=O) groups is 2. The molecule has 0 saturated heterocycles. The molecular weight excluding hydrogens is 336 g/mol. The SMILES string of the molecule is CN(C)c1ccc(NC(=O)C(=O)NC[C@@H](c2cccs2)N(C)C)cc1. The molecule has 2 aromatic rings. The maximum Gasteiger partial charge on any atom is 0.313 e. The van der Waals surface area contributed by atoms with E-state index < -0.39 is 11.8 Å². The third-order valence-corrected chi connectivity index (χ3v) is 4.77. The summed E-state index contributed by atoms with van der Waals surface area (Å²) in [6, 6.07) is 11.3. The smallest absolute Gasteiger partial charge is 0.313 e. The van der Waals surface area contributed by atoms with Crippen molar-refractivity contribution in [2.75, 3.05) is 45.0 Å². The zero-order valence-corrected chi connectivity index (χ0v) is 15.8. The molecule has 0 saturated carbocycles. The van der Waals surface area contributed by atoms with Crippen molar-refractivity contribution in [3.63, 3.8) is 0 Å². The average molecular weight is 360 g/mol. The van der Waals surface area contributed by atoms with Gasteiger partial charge in [-0.15, -0.1) is 11.3 Å². The number of amides is 2. The van der Waals surface area contributed by atoms with Gasteiger partial charge in [0.05, 0.1) is 6.04 Å². The van der Waals surface area contributed by atoms with Crippen LogP contribution in [0.5, 0.6) is 0 Å². The van der Waals surface area contributed by atoms with Crippen LogP contribution in [0, 0.1) is 0 Å². The lowest BCUT2D eigenvalue weighted by Crippen LogP contribution is -2.40. The first-order valence-corrected chi connectivity index (χ1v) is 8.83. The van der Waals surface area contributed by atoms with Crippen molar-refractivity contribution in [3.8, 4) is 0 Å². The Morgan fingerprint density at radius 2 is 1.72 bits per heavy atom. The number of nitrogens with one attached hydrogen (secondary N) is 2. The Morgan fingerprint density at radius 1 is 1.04 bits per heavy atom. The van der Waals surface area contributed by atoms with Crippen molar-refractivity contribution in [2.24, 2.45) is 0 Å². The van der Waals surface area contributed by atoms with E-state index in [1.807, 2.05) is 67.6 Å². The molecule has 2 N–H and O–H groups in total. The molecule has 0 radical (unpaired) electrons. The van der Waals surface area contributed by atoms with Gasteiger partial charge in [-0.05, 0) is 49.8 Å². The van der Waals surface area contributed by atoms with Gasteiger partial charge in [0.1, 0.15) is 0 Å². The highest BCUT2D eigenvalue weighted by Gasteiger charge is 2.19. The Bertz CT molecular complexity index is 696. The van der Waals surface area contributed by atoms with Gasteiger partial charge in [0.25, 0.3) is 0 Å². The molecular formula is C18H24N4O2S. The van der Waals surface area contributed by atoms with Crippen molar-refractivity contribution >= 4 is 34.5 Å². The van der Waals surface area contributed by atoms with Crippen LogP contribution in [0.3, 0.4) is 0 Å². The fourth-order valence-corrected chi connectivity index (χ4v) is 3.24. The van der Waals surface area contributed by atoms with E-state index in [9.17, 15) is 9.59 Å². The molecule has 1 aromatic carbocycles. The van der Waals surface area contributed by atoms with Gasteiger partial charge >= 0.3 is 11.8 Å². The van der Waals surface area contributed by atoms with E-state index in [2.05, 4.69) is 10.6 Å². The molecule has 0 spiro atoms. The molecule has 134 valence electrons. The third kappa shape index (κ3) is 5.30. The van der Waals surface area contributed by atoms with E-state index in [4.69, 9.17) is 0 Å². The second-order valence-electron chi connectivity index (χ2n) is 6.10. The molecule has 0 bridgehead atoms. The summed E-state index contributed by atoms with van der Waals surface area (Å²) < 4.78 is 0. The molecule has 0 fully saturated rings. The van der Waals surface area contributed by atoms with Gasteiger partial charge in [0.2, 0.25) is 0 Å². The van der Waals surface area contributed by atoms with Gasteiger partial charge in [0.15, 0.2) is 0 Å². The Balaban J connectivity index is 1.90. The summed E-state index contributed by atoms with van der Waals surface area (Å²) >= 11 is 1.63. The number of benzene rings is 1. The van der Waals surface area contributed by atoms with E-state index in [-0.39, 0.29) is 6.04 Å². The second kappa shape index (κ2) is 8.64. The summed E-state index contributed by atoms with van der Waals surface area (Å²) in [6.45, 7) is 0.374. The fourth-order valence-electron chi connectivity index (χ4n) is 2.32. The zero-order valence-electron chi connectivity index (χ0n) is 14.9. The summed E-state index contributed by atoms with van der Waals surface area (Å²) in [5, 5.41) is 7.32. The van der Waals surface area contributed by atoms with Crippen molar-refractivity contribution < 1.29 is 9.59 Å². The first-order valence-electron chi connectivity index (χ1n) is 7.95. The molecule has 0 aliphatic rings. The highest BCUT2D eigenvalue weighted by molar-refractivity contribution is 7.10. The number of carbonyl (C=O) groups excluding carboxylic acids is 2. The topological polar surface area (TPSA) is 64.7 Å². The van der Waals surface area contributed by atoms with Crippen LogP contribution in [0.4, 0.5) is 11.4 Å². The van der Waals surface area contributed by atoms with Crippen LogP contribution in [-0.2, 0) is 9.59 Å². The standard InChI is InChI=1S/C18H24N4O2S/c1-21(2)14-9-7-13(8-10-14)20-18(24)17(23)19-12-15(22(3)4)16-6-5-11-25-16/h5-11,15H,12H2,1-4H3,(H,19,23)(H,20,24)/t15-/m0/s1. The number of nitrogens with zero attached hydrogens (tertiary/aromatic N) is 2. The number of anilines is 2. The lowest BCUT2D eigenvalue weighted by Gasteiger charge is -2.23. The molecule has 1 aromatic heterocycles. The molecule has 1 atom stereocenters. The van der Waals surface area contributed by atoms with E-state index in [0.29, 0.717) is 12.2 Å². The number of rotatable bonds is 6. The lowest BCUT2D eigenvalue weighted by atomic mass is 10.2. The summed E-state index contributed by atoms with van der Waals surface area (Å²) in [7, 11) is 7.78. The van der Waals surface area contributed by atoms with Crippen LogP contribution in [0.1, 0.15) is 10.9 Å². The fraction of sp³-hybridized carbons (Fsp3) is 0.333. The molecule has 6 nitrogen and oxygen atoms in total. The van der Waals surface area contributed by atoms with Crippen molar-refractivity contribution in [1.29, 1.82) is 0 Å². The molecule has 1 heterocycles. The normalized spacial score (nSPS) is 11.9. The van der Waals surface area contributed by atoms with Gasteiger partial charge in [-0.2, -0.15) is 0 Å². The van der Waals surface area contributed by atoms with Gasteiger partial charge < -0.3 is 20.4 Å². The average Bonchev–Trinajstić information content (AvgIpc) is 3.09. The molecule has 2 amide bonds. The minimum Gasteiger partial charge on any atom is -0.378 e. The van der Waals surface area contributed by atoms with Crippen molar-refractivity contribution in [1.82, 2.24) is 10.2 Å². The Hall–Kier alpha value is -2.38. The van der Waals surface area contributed by atoms with Crippen molar-refractivity contribution in [2.45, 2.75) is 6.04 Å². The number of thiophene rings is 1. The number of likely N-dealkylation sites (N-methyl/N-ethyl adjacent to an activating group) is 1.